The van der Waals surface area contributed by atoms with Gasteiger partial charge in [-0.1, -0.05) is 43.3 Å². The SMILES string of the molecule is Cc1ncsc1-c1ccc([C@H](C)NC(=O)[C@@H]2C[C@@H](O)CN2C(=O)C(c2cc(N3CCN(C(=O)O)CC3)no2)C(C)C)cc1. The lowest BCUT2D eigenvalue weighted by Crippen LogP contribution is -2.48. The van der Waals surface area contributed by atoms with Crippen LogP contribution < -0.4 is 10.2 Å². The number of rotatable bonds is 8. The molecule has 1 unspecified atom stereocenters. The number of nitrogens with one attached hydrogen (secondary N) is 1. The van der Waals surface area contributed by atoms with Crippen molar-refractivity contribution in [3.8, 4) is 10.4 Å². The van der Waals surface area contributed by atoms with Crippen LogP contribution in [0.3, 0.4) is 0 Å². The third-order valence-electron chi connectivity index (χ3n) is 8.27. The van der Waals surface area contributed by atoms with Crippen LogP contribution in [0.25, 0.3) is 10.4 Å². The maximum absolute atomic E-state index is 13.9. The lowest BCUT2D eigenvalue weighted by atomic mass is 9.91. The van der Waals surface area contributed by atoms with Crippen LogP contribution in [0.1, 0.15) is 56.2 Å². The lowest BCUT2D eigenvalue weighted by Gasteiger charge is -2.32. The highest BCUT2D eigenvalue weighted by Gasteiger charge is 2.43. The van der Waals surface area contributed by atoms with Crippen LogP contribution in [-0.4, -0.2) is 92.9 Å². The van der Waals surface area contributed by atoms with Crippen molar-refractivity contribution in [2.24, 2.45) is 5.92 Å². The van der Waals surface area contributed by atoms with Gasteiger partial charge in [0.2, 0.25) is 11.8 Å². The first-order valence-corrected chi connectivity index (χ1v) is 15.4. The van der Waals surface area contributed by atoms with Crippen molar-refractivity contribution in [2.45, 2.75) is 58.2 Å². The van der Waals surface area contributed by atoms with E-state index in [1.165, 1.54) is 9.80 Å². The van der Waals surface area contributed by atoms with E-state index in [1.54, 1.807) is 17.4 Å². The first kappa shape index (κ1) is 30.5. The van der Waals surface area contributed by atoms with Gasteiger partial charge in [0.1, 0.15) is 12.0 Å². The van der Waals surface area contributed by atoms with E-state index in [2.05, 4.69) is 15.5 Å². The predicted molar refractivity (Wildman–Crippen MR) is 161 cm³/mol. The summed E-state index contributed by atoms with van der Waals surface area (Å²) in [6, 6.07) is 8.57. The summed E-state index contributed by atoms with van der Waals surface area (Å²) >= 11 is 1.58. The number of nitrogens with zero attached hydrogens (tertiary/aromatic N) is 5. The number of aromatic nitrogens is 2. The molecule has 2 saturated heterocycles. The molecule has 0 saturated carbocycles. The molecule has 1 aromatic carbocycles. The van der Waals surface area contributed by atoms with Crippen LogP contribution in [0.15, 0.2) is 40.4 Å². The van der Waals surface area contributed by atoms with E-state index in [1.807, 2.05) is 62.4 Å². The number of carbonyl (C=O) groups excluding carboxylic acids is 2. The van der Waals surface area contributed by atoms with Crippen molar-refractivity contribution in [2.75, 3.05) is 37.6 Å². The Kier molecular flexibility index (Phi) is 9.02. The molecule has 4 heterocycles. The number of β-amino-alcohol motifs (C(OH)–C–C–N with tert-alkyl or cyclic N) is 1. The zero-order valence-corrected chi connectivity index (χ0v) is 25.6. The van der Waals surface area contributed by atoms with Gasteiger partial charge < -0.3 is 34.8 Å². The van der Waals surface area contributed by atoms with Crippen LogP contribution in [0, 0.1) is 12.8 Å². The second-order valence-corrected chi connectivity index (χ2v) is 12.4. The van der Waals surface area contributed by atoms with E-state index in [0.29, 0.717) is 37.8 Å². The van der Waals surface area contributed by atoms with Gasteiger partial charge in [0, 0.05) is 45.2 Å². The molecule has 3 aromatic rings. The van der Waals surface area contributed by atoms with Gasteiger partial charge >= 0.3 is 6.09 Å². The number of likely N-dealkylation sites (tertiary alicyclic amines) is 1. The van der Waals surface area contributed by atoms with Gasteiger partial charge in [-0.15, -0.1) is 11.3 Å². The fraction of sp³-hybridized carbons (Fsp3) is 0.500. The number of aliphatic hydroxyl groups is 1. The predicted octanol–water partition coefficient (Wildman–Crippen LogP) is 3.49. The first-order chi connectivity index (χ1) is 20.5. The first-order valence-electron chi connectivity index (χ1n) is 14.5. The molecule has 2 aliphatic rings. The number of thiazole rings is 1. The summed E-state index contributed by atoms with van der Waals surface area (Å²) < 4.78 is 5.65. The maximum atomic E-state index is 13.9. The molecule has 3 amide bonds. The summed E-state index contributed by atoms with van der Waals surface area (Å²) in [6.45, 7) is 9.34. The molecule has 5 rings (SSSR count). The third kappa shape index (κ3) is 6.52. The van der Waals surface area contributed by atoms with Crippen LogP contribution in [0.4, 0.5) is 10.6 Å². The molecule has 0 aliphatic carbocycles. The monoisotopic (exact) mass is 610 g/mol. The molecule has 3 N–H and O–H groups in total. The van der Waals surface area contributed by atoms with Crippen LogP contribution in [0.2, 0.25) is 0 Å². The molecule has 0 spiro atoms. The number of carboxylic acid groups (broad SMARTS) is 1. The van der Waals surface area contributed by atoms with Crippen molar-refractivity contribution in [3.63, 3.8) is 0 Å². The number of hydrogen-bond donors (Lipinski definition) is 3. The fourth-order valence-corrected chi connectivity index (χ4v) is 6.63. The average Bonchev–Trinajstić information content (AvgIpc) is 3.73. The second kappa shape index (κ2) is 12.7. The van der Waals surface area contributed by atoms with Gasteiger partial charge in [0.25, 0.3) is 0 Å². The quantitative estimate of drug-likeness (QED) is 0.348. The molecule has 4 atom stereocenters. The van der Waals surface area contributed by atoms with E-state index in [-0.39, 0.29) is 36.7 Å². The molecule has 2 aromatic heterocycles. The van der Waals surface area contributed by atoms with Gasteiger partial charge in [0.15, 0.2) is 11.6 Å². The maximum Gasteiger partial charge on any atom is 0.407 e. The Morgan fingerprint density at radius 3 is 2.40 bits per heavy atom. The number of benzene rings is 1. The largest absolute Gasteiger partial charge is 0.465 e. The molecule has 230 valence electrons. The molecular formula is C30H38N6O6S. The van der Waals surface area contributed by atoms with Crippen LogP contribution >= 0.6 is 11.3 Å². The fourth-order valence-electron chi connectivity index (χ4n) is 5.82. The van der Waals surface area contributed by atoms with Crippen LogP contribution in [-0.2, 0) is 9.59 Å². The Morgan fingerprint density at radius 2 is 1.79 bits per heavy atom. The summed E-state index contributed by atoms with van der Waals surface area (Å²) in [6.07, 6.45) is -1.62. The van der Waals surface area contributed by atoms with Crippen molar-refractivity contribution < 1.29 is 29.1 Å². The number of aliphatic hydroxyl groups excluding tert-OH is 1. The Balaban J connectivity index is 1.26. The number of hydrogen-bond acceptors (Lipinski definition) is 9. The summed E-state index contributed by atoms with van der Waals surface area (Å²) in [5, 5.41) is 26.9. The number of carbonyl (C=O) groups is 3. The molecule has 13 heteroatoms. The summed E-state index contributed by atoms with van der Waals surface area (Å²) in [5.41, 5.74) is 4.79. The van der Waals surface area contributed by atoms with Crippen molar-refractivity contribution >= 4 is 35.1 Å². The summed E-state index contributed by atoms with van der Waals surface area (Å²) in [7, 11) is 0. The molecule has 12 nitrogen and oxygen atoms in total. The van der Waals surface area contributed by atoms with Gasteiger partial charge in [0.05, 0.1) is 28.2 Å². The molecule has 2 aliphatic heterocycles. The van der Waals surface area contributed by atoms with Gasteiger partial charge in [-0.3, -0.25) is 9.59 Å². The zero-order chi connectivity index (χ0) is 30.8. The molecule has 43 heavy (non-hydrogen) atoms. The minimum Gasteiger partial charge on any atom is -0.465 e. The topological polar surface area (TPSA) is 152 Å². The number of piperazine rings is 1. The molecule has 0 bridgehead atoms. The average molecular weight is 611 g/mol. The lowest BCUT2D eigenvalue weighted by molar-refractivity contribution is -0.141. The standard InChI is InChI=1S/C30H38N6O6S/c1-17(2)26(24-14-25(33-42-24)34-9-11-35(12-10-34)30(40)41)29(39)36-15-22(37)13-23(36)28(38)32-18(3)20-5-7-21(8-6-20)27-19(4)31-16-43-27/h5-8,14,16-18,22-23,26,37H,9-13,15H2,1-4H3,(H,32,38)(H,40,41)/t18-,22+,23-,26?/m0/s1. The van der Waals surface area contributed by atoms with E-state index in [9.17, 15) is 24.6 Å². The highest BCUT2D eigenvalue weighted by molar-refractivity contribution is 7.13. The van der Waals surface area contributed by atoms with E-state index < -0.39 is 24.2 Å². The van der Waals surface area contributed by atoms with Crippen molar-refractivity contribution in [3.05, 3.63) is 52.9 Å². The minimum atomic E-state index is -0.952. The Labute approximate surface area is 254 Å². The van der Waals surface area contributed by atoms with Gasteiger partial charge in [-0.25, -0.2) is 9.78 Å². The smallest absolute Gasteiger partial charge is 0.407 e. The van der Waals surface area contributed by atoms with Gasteiger partial charge in [-0.05, 0) is 30.9 Å². The van der Waals surface area contributed by atoms with Crippen molar-refractivity contribution in [1.29, 1.82) is 0 Å². The van der Waals surface area contributed by atoms with Gasteiger partial charge in [-0.2, -0.15) is 0 Å². The van der Waals surface area contributed by atoms with E-state index in [0.717, 1.165) is 21.7 Å². The summed E-state index contributed by atoms with van der Waals surface area (Å²) in [4.78, 5) is 48.8. The van der Waals surface area contributed by atoms with Crippen LogP contribution in [0.5, 0.6) is 0 Å². The molecular weight excluding hydrogens is 572 g/mol. The Morgan fingerprint density at radius 1 is 1.09 bits per heavy atom. The minimum absolute atomic E-state index is 0.0512. The third-order valence-corrected chi connectivity index (χ3v) is 9.25. The summed E-state index contributed by atoms with van der Waals surface area (Å²) in [5.74, 6) is -0.583. The van der Waals surface area contributed by atoms with Crippen molar-refractivity contribution in [1.82, 2.24) is 25.3 Å². The molecule has 0 radical (unpaired) electrons. The Hall–Kier alpha value is -3.97. The van der Waals surface area contributed by atoms with E-state index >= 15 is 0 Å². The molecule has 2 fully saturated rings. The number of aryl methyl sites for hydroxylation is 1. The highest BCUT2D eigenvalue weighted by atomic mass is 32.1. The highest BCUT2D eigenvalue weighted by Crippen LogP contribution is 2.33. The van der Waals surface area contributed by atoms with E-state index in [4.69, 9.17) is 4.52 Å². The zero-order valence-electron chi connectivity index (χ0n) is 24.8. The Bertz CT molecular complexity index is 1450. The normalized spacial score (nSPS) is 20.4. The number of anilines is 1. The number of amides is 3. The second-order valence-electron chi connectivity index (χ2n) is 11.6.